The van der Waals surface area contributed by atoms with Crippen molar-refractivity contribution in [2.75, 3.05) is 0 Å². The van der Waals surface area contributed by atoms with Gasteiger partial charge in [0.2, 0.25) is 0 Å². The van der Waals surface area contributed by atoms with E-state index in [4.69, 9.17) is 4.74 Å². The third kappa shape index (κ3) is 5.13. The minimum atomic E-state index is -2.33. The number of ether oxygens (including phenoxy) is 1. The maximum absolute atomic E-state index is 11.7. The minimum absolute atomic E-state index is 0.255. The fourth-order valence-electron chi connectivity index (χ4n) is 4.31. The number of carbonyl (C=O) groups excluding carboxylic acids is 1. The Kier molecular flexibility index (Phi) is 7.17. The van der Waals surface area contributed by atoms with Crippen molar-refractivity contribution in [1.82, 2.24) is 0 Å². The summed E-state index contributed by atoms with van der Waals surface area (Å²) in [5, 5.41) is 4.17. The molecule has 2 nitrogen and oxygen atoms in total. The van der Waals surface area contributed by atoms with Gasteiger partial charge in [-0.25, -0.2) is 0 Å². The third-order valence-corrected chi connectivity index (χ3v) is 10.9. The van der Waals surface area contributed by atoms with E-state index in [1.54, 1.807) is 6.92 Å². The second-order valence-electron chi connectivity index (χ2n) is 8.35. The molecule has 0 aliphatic heterocycles. The van der Waals surface area contributed by atoms with Crippen molar-refractivity contribution in [2.24, 2.45) is 0 Å². The van der Waals surface area contributed by atoms with Crippen LogP contribution in [0, 0.1) is 0 Å². The standard InChI is InChI=1S/C30H29O2P/c1-24(2)30(31)32-22-25-18-20-26(21-19-25)23-33(27-12-6-3-7-13-27,28-14-8-4-9-15-28)29-16-10-5-11-17-29/h3-21,33H,1,22-23H2,2H3. The van der Waals surface area contributed by atoms with E-state index in [-0.39, 0.29) is 12.6 Å². The number of benzene rings is 4. The topological polar surface area (TPSA) is 26.3 Å². The zero-order valence-corrected chi connectivity index (χ0v) is 19.9. The Balaban J connectivity index is 1.75. The molecule has 0 bridgehead atoms. The van der Waals surface area contributed by atoms with Crippen LogP contribution in [0.25, 0.3) is 0 Å². The number of hydrogen-bond acceptors (Lipinski definition) is 2. The zero-order chi connectivity index (χ0) is 23.1. The van der Waals surface area contributed by atoms with Crippen molar-refractivity contribution in [3.63, 3.8) is 0 Å². The van der Waals surface area contributed by atoms with E-state index in [1.807, 2.05) is 0 Å². The van der Waals surface area contributed by atoms with Gasteiger partial charge in [-0.3, -0.25) is 0 Å². The second kappa shape index (κ2) is 10.4. The van der Waals surface area contributed by atoms with Crippen LogP contribution in [0.4, 0.5) is 0 Å². The molecule has 0 saturated carbocycles. The van der Waals surface area contributed by atoms with Crippen LogP contribution in [0.3, 0.4) is 0 Å². The average molecular weight is 453 g/mol. The quantitative estimate of drug-likeness (QED) is 0.200. The molecule has 0 saturated heterocycles. The second-order valence-corrected chi connectivity index (χ2v) is 12.2. The van der Waals surface area contributed by atoms with Crippen LogP contribution in [0.1, 0.15) is 18.1 Å². The van der Waals surface area contributed by atoms with Gasteiger partial charge >= 0.3 is 197 Å². The fourth-order valence-corrected chi connectivity index (χ4v) is 9.05. The monoisotopic (exact) mass is 452 g/mol. The number of esters is 1. The zero-order valence-electron chi connectivity index (χ0n) is 18.9. The van der Waals surface area contributed by atoms with E-state index >= 15 is 0 Å². The Bertz CT molecular complexity index is 1100. The van der Waals surface area contributed by atoms with Gasteiger partial charge in [-0.1, -0.05) is 0 Å². The van der Waals surface area contributed by atoms with E-state index in [1.165, 1.54) is 21.5 Å². The van der Waals surface area contributed by atoms with Gasteiger partial charge in [-0.15, -0.1) is 0 Å². The Morgan fingerprint density at radius 3 is 1.45 bits per heavy atom. The maximum atomic E-state index is 11.7. The molecular weight excluding hydrogens is 423 g/mol. The van der Waals surface area contributed by atoms with Crippen molar-refractivity contribution < 1.29 is 9.53 Å². The fraction of sp³-hybridized carbons (Fsp3) is 0.100. The van der Waals surface area contributed by atoms with Crippen LogP contribution in [0.2, 0.25) is 0 Å². The van der Waals surface area contributed by atoms with Crippen LogP contribution >= 0.6 is 7.26 Å². The van der Waals surface area contributed by atoms with E-state index < -0.39 is 7.26 Å². The third-order valence-electron chi connectivity index (χ3n) is 6.01. The predicted octanol–water partition coefficient (Wildman–Crippen LogP) is 5.53. The first-order valence-corrected chi connectivity index (χ1v) is 13.4. The summed E-state index contributed by atoms with van der Waals surface area (Å²) in [4.78, 5) is 11.7. The van der Waals surface area contributed by atoms with Crippen LogP contribution in [-0.4, -0.2) is 5.97 Å². The molecule has 0 aromatic heterocycles. The molecular formula is C30H29O2P. The number of carbonyl (C=O) groups is 1. The van der Waals surface area contributed by atoms with Crippen LogP contribution < -0.4 is 15.9 Å². The predicted molar refractivity (Wildman–Crippen MR) is 141 cm³/mol. The molecule has 0 amide bonds. The average Bonchev–Trinajstić information content (AvgIpc) is 2.88. The Morgan fingerprint density at radius 2 is 1.06 bits per heavy atom. The molecule has 0 fully saturated rings. The molecule has 3 heteroatoms. The van der Waals surface area contributed by atoms with Crippen molar-refractivity contribution in [3.05, 3.63) is 139 Å². The van der Waals surface area contributed by atoms with E-state index in [9.17, 15) is 4.79 Å². The molecule has 0 unspecified atom stereocenters. The van der Waals surface area contributed by atoms with Crippen LogP contribution in [0.15, 0.2) is 127 Å². The summed E-state index contributed by atoms with van der Waals surface area (Å²) in [5.74, 6) is -0.359. The first-order chi connectivity index (χ1) is 16.1. The van der Waals surface area contributed by atoms with Crippen molar-refractivity contribution >= 4 is 29.1 Å². The van der Waals surface area contributed by atoms with Gasteiger partial charge in [0.05, 0.1) is 0 Å². The number of rotatable bonds is 8. The van der Waals surface area contributed by atoms with E-state index in [2.05, 4.69) is 122 Å². The first-order valence-electron chi connectivity index (χ1n) is 11.2. The van der Waals surface area contributed by atoms with Gasteiger partial charge in [0.1, 0.15) is 0 Å². The van der Waals surface area contributed by atoms with Gasteiger partial charge in [0.15, 0.2) is 0 Å². The van der Waals surface area contributed by atoms with Crippen molar-refractivity contribution in [1.29, 1.82) is 0 Å². The number of hydrogen-bond donors (Lipinski definition) is 0. The van der Waals surface area contributed by atoms with Gasteiger partial charge in [-0.05, 0) is 0 Å². The van der Waals surface area contributed by atoms with E-state index in [0.717, 1.165) is 11.7 Å². The summed E-state index contributed by atoms with van der Waals surface area (Å²) in [7, 11) is -2.33. The molecule has 4 rings (SSSR count). The van der Waals surface area contributed by atoms with Crippen molar-refractivity contribution in [3.8, 4) is 0 Å². The Hall–Kier alpha value is -3.48. The molecule has 0 aliphatic carbocycles. The normalized spacial score (nSPS) is 11.5. The van der Waals surface area contributed by atoms with Crippen LogP contribution in [-0.2, 0) is 22.3 Å². The molecule has 0 atom stereocenters. The molecule has 166 valence electrons. The van der Waals surface area contributed by atoms with Crippen molar-refractivity contribution in [2.45, 2.75) is 19.7 Å². The molecule has 0 N–H and O–H groups in total. The van der Waals surface area contributed by atoms with Crippen LogP contribution in [0.5, 0.6) is 0 Å². The molecule has 0 heterocycles. The first kappa shape index (κ1) is 22.7. The SMILES string of the molecule is C=C(C)C(=O)OCc1ccc(C[PH](c2ccccc2)(c2ccccc2)c2ccccc2)cc1. The molecule has 0 radical (unpaired) electrons. The molecule has 4 aromatic carbocycles. The summed E-state index contributed by atoms with van der Waals surface area (Å²) in [6.07, 6.45) is 0.941. The van der Waals surface area contributed by atoms with Gasteiger partial charge < -0.3 is 0 Å². The van der Waals surface area contributed by atoms with Gasteiger partial charge in [0.25, 0.3) is 0 Å². The Morgan fingerprint density at radius 1 is 0.667 bits per heavy atom. The molecule has 4 aromatic rings. The summed E-state index contributed by atoms with van der Waals surface area (Å²) in [6, 6.07) is 41.2. The summed E-state index contributed by atoms with van der Waals surface area (Å²) in [5.41, 5.74) is 2.66. The summed E-state index contributed by atoms with van der Waals surface area (Å²) in [6.45, 7) is 5.55. The molecule has 0 spiro atoms. The molecule has 0 aliphatic rings. The molecule has 33 heavy (non-hydrogen) atoms. The Labute approximate surface area is 196 Å². The summed E-state index contributed by atoms with van der Waals surface area (Å²) < 4.78 is 5.31. The summed E-state index contributed by atoms with van der Waals surface area (Å²) >= 11 is 0. The van der Waals surface area contributed by atoms with E-state index in [0.29, 0.717) is 5.57 Å². The van der Waals surface area contributed by atoms with Gasteiger partial charge in [-0.2, -0.15) is 0 Å². The van der Waals surface area contributed by atoms with Gasteiger partial charge in [0, 0.05) is 0 Å².